The molecular weight excluding hydrogens is 1630 g/mol. The van der Waals surface area contributed by atoms with Gasteiger partial charge in [0.05, 0.1) is 50.7 Å². The molecule has 14 heterocycles. The second kappa shape index (κ2) is 42.2. The second-order valence-corrected chi connectivity index (χ2v) is 26.5. The van der Waals surface area contributed by atoms with Crippen LogP contribution >= 0.6 is 0 Å². The van der Waals surface area contributed by atoms with Gasteiger partial charge in [0.1, 0.15) is 5.52 Å². The van der Waals surface area contributed by atoms with E-state index in [-0.39, 0.29) is 115 Å². The topological polar surface area (TPSA) is 672 Å². The number of benzene rings is 5. The van der Waals surface area contributed by atoms with E-state index >= 15 is 0 Å². The number of aryl methyl sites for hydroxylation is 1. The number of carbonyl (C=O) groups is 3. The van der Waals surface area contributed by atoms with Crippen LogP contribution in [0.15, 0.2) is 219 Å². The van der Waals surface area contributed by atoms with Crippen molar-refractivity contribution in [2.24, 2.45) is 0 Å². The number of ether oxygens (including phenoxy) is 1. The number of rotatable bonds is 22. The fourth-order valence-corrected chi connectivity index (χ4v) is 11.5. The lowest BCUT2D eigenvalue weighted by atomic mass is 10.1. The fourth-order valence-electron chi connectivity index (χ4n) is 11.5. The first-order valence-corrected chi connectivity index (χ1v) is 38.7. The number of unbranched alkanes of at least 4 members (excludes halogenated alkanes) is 1. The summed E-state index contributed by atoms with van der Waals surface area (Å²) in [6.07, 6.45) is 13.3. The van der Waals surface area contributed by atoms with Gasteiger partial charge in [0.2, 0.25) is 47.5 Å². The molecule has 14 aromatic heterocycles. The van der Waals surface area contributed by atoms with Crippen LogP contribution in [-0.2, 0) is 22.5 Å². The van der Waals surface area contributed by atoms with Crippen molar-refractivity contribution in [1.82, 2.24) is 140 Å². The molecule has 3 amide bonds. The van der Waals surface area contributed by atoms with Gasteiger partial charge in [0, 0.05) is 49.7 Å². The van der Waals surface area contributed by atoms with Gasteiger partial charge in [0.15, 0.2) is 78.4 Å². The molecule has 0 aliphatic rings. The molecule has 22 N–H and O–H groups in total. The molecule has 5 aromatic carbocycles. The van der Waals surface area contributed by atoms with Crippen LogP contribution in [0.25, 0.3) is 78.1 Å². The van der Waals surface area contributed by atoms with Gasteiger partial charge in [-0.2, -0.15) is 39.9 Å². The first-order valence-electron chi connectivity index (χ1n) is 38.7. The molecule has 0 radical (unpaired) electrons. The standard InChI is InChI=1S/2C13H11N5O2.C12H9N5O2.C12H11N5O.C11H9N5O.C10H16N6O.C9H13N5O/c1-7-4-2-3-5-8(7)11(19)17-13-16-10-9(12(20)18-13)14-6-15-10;19-9(6-8-4-2-1-3-5-8)16-13-17-11-10(12(20)18-13)14-7-15-11;18-10(7-4-2-1-3-5-7)16-12-15-9-8(11(19)17-12)13-6-14-9;18-11-9-10(15-7-14-9)16-12(17-11)13-6-8-4-2-1-3-5-8;17-10-8-9(13-6-12-8)15-11(16-10)14-7-4-2-1-3-5-7;1-2-17-5-3-4-12-8-7-9(14-6-13-7)16-10(11)15-8;1-2-3-4-10-9-13-7-6(8(15)14-9)11-5-12-7/h2-6H,1H3,(H3,14,15,16,17,18,19,20);1-5,7H,6H2,(H3,14,15,16,17,18,19,20);1-6H,(H3,13,14,15,16,17,18,19);1-5,7H,6H2,(H3,13,14,15,16,17,18);1-6H,(H3,12,13,14,15,16,17);6H,2-5H2,1H3,(H4,11,12,13,14,15,16);5H,2-4H2,1H3,(H3,10,11,12,13,14,15). The van der Waals surface area contributed by atoms with Crippen LogP contribution in [-0.4, -0.2) is 184 Å². The number of carbonyl (C=O) groups excluding carboxylic acids is 3. The van der Waals surface area contributed by atoms with E-state index in [1.165, 1.54) is 38.0 Å². The first-order chi connectivity index (χ1) is 61.4. The minimum Gasteiger partial charge on any atom is -0.382 e. The maximum Gasteiger partial charge on any atom is 0.278 e. The van der Waals surface area contributed by atoms with Crippen LogP contribution in [0.1, 0.15) is 70.5 Å². The zero-order chi connectivity index (χ0) is 88.1. The maximum atomic E-state index is 12.1. The molecule has 0 unspecified atom stereocenters. The molecule has 0 atom stereocenters. The number of imidazole rings is 7. The van der Waals surface area contributed by atoms with E-state index in [4.69, 9.17) is 10.5 Å². The summed E-state index contributed by atoms with van der Waals surface area (Å²) in [4.78, 5) is 201. The Kier molecular flexibility index (Phi) is 28.8. The minimum absolute atomic E-state index is 0.0680. The number of hydrogen-bond donors (Lipinski definition) is 21. The van der Waals surface area contributed by atoms with Crippen molar-refractivity contribution in [1.29, 1.82) is 0 Å². The quantitative estimate of drug-likeness (QED) is 0.0298. The summed E-state index contributed by atoms with van der Waals surface area (Å²) in [6, 6.07) is 44.5. The van der Waals surface area contributed by atoms with E-state index in [2.05, 4.69) is 184 Å². The number of hydrogen-bond acceptors (Lipinski definition) is 30. The lowest BCUT2D eigenvalue weighted by Crippen LogP contribution is -2.19. The van der Waals surface area contributed by atoms with Gasteiger partial charge in [-0.25, -0.2) is 34.9 Å². The average molecular weight is 1710 g/mol. The molecule has 0 aliphatic carbocycles. The van der Waals surface area contributed by atoms with Crippen molar-refractivity contribution in [3.8, 4) is 0 Å². The average Bonchev–Trinajstić information content (AvgIpc) is 1.67. The summed E-state index contributed by atoms with van der Waals surface area (Å²) in [6.45, 7) is 9.56. The van der Waals surface area contributed by atoms with Gasteiger partial charge in [-0.15, -0.1) is 0 Å². The smallest absolute Gasteiger partial charge is 0.278 e. The number of H-pyrrole nitrogens is 13. The highest BCUT2D eigenvalue weighted by molar-refractivity contribution is 6.05. The Morgan fingerprint density at radius 2 is 0.746 bits per heavy atom. The Bertz CT molecular complexity index is 7240. The van der Waals surface area contributed by atoms with Crippen molar-refractivity contribution < 1.29 is 19.1 Å². The molecule has 0 fully saturated rings. The highest BCUT2D eigenvalue weighted by Gasteiger charge is 2.17. The Hall–Kier alpha value is -17.9. The van der Waals surface area contributed by atoms with Crippen LogP contribution < -0.4 is 76.3 Å². The number of para-hydroxylation sites is 1. The Balaban J connectivity index is 0.000000126. The number of nitrogens with two attached hydrogens (primary N) is 1. The molecule has 0 saturated carbocycles. The van der Waals surface area contributed by atoms with Crippen molar-refractivity contribution in [3.63, 3.8) is 0 Å². The fraction of sp³-hybridized carbons (Fsp3) is 0.150. The van der Waals surface area contributed by atoms with Gasteiger partial charge in [-0.1, -0.05) is 129 Å². The Morgan fingerprint density at radius 1 is 0.373 bits per heavy atom. The zero-order valence-electron chi connectivity index (χ0n) is 67.1. The monoisotopic (exact) mass is 1700 g/mol. The Labute approximate surface area is 706 Å². The third-order valence-corrected chi connectivity index (χ3v) is 17.6. The number of amides is 3. The van der Waals surface area contributed by atoms with Gasteiger partial charge in [-0.05, 0) is 73.7 Å². The van der Waals surface area contributed by atoms with Gasteiger partial charge >= 0.3 is 0 Å². The van der Waals surface area contributed by atoms with Crippen LogP contribution in [0, 0.1) is 6.92 Å². The van der Waals surface area contributed by atoms with Crippen LogP contribution in [0.5, 0.6) is 0 Å². The maximum absolute atomic E-state index is 12.1. The van der Waals surface area contributed by atoms with E-state index in [1.54, 1.807) is 42.7 Å². The molecule has 0 aliphatic heterocycles. The normalized spacial score (nSPS) is 10.7. The number of nitrogens with zero attached hydrogens (tertiary/aromatic N) is 15. The predicted octanol–water partition coefficient (Wildman–Crippen LogP) is 7.21. The molecule has 640 valence electrons. The molecule has 19 rings (SSSR count). The number of anilines is 9. The summed E-state index contributed by atoms with van der Waals surface area (Å²) in [5, 5.41) is 19.9. The van der Waals surface area contributed by atoms with Gasteiger partial charge in [0.25, 0.3) is 45.2 Å². The molecule has 126 heavy (non-hydrogen) atoms. The summed E-state index contributed by atoms with van der Waals surface area (Å²) in [5.74, 6) is 1.47. The largest absolute Gasteiger partial charge is 0.382 e. The van der Waals surface area contributed by atoms with Crippen molar-refractivity contribution >= 4 is 149 Å². The number of nitrogens with one attached hydrogen (secondary N) is 20. The highest BCUT2D eigenvalue weighted by Crippen LogP contribution is 2.19. The first kappa shape index (κ1) is 86.0. The van der Waals surface area contributed by atoms with Gasteiger partial charge in [-0.3, -0.25) is 89.0 Å². The molecule has 46 heteroatoms. The summed E-state index contributed by atoms with van der Waals surface area (Å²) in [7, 11) is 0. The van der Waals surface area contributed by atoms with Crippen LogP contribution in [0.2, 0.25) is 0 Å². The summed E-state index contributed by atoms with van der Waals surface area (Å²) in [5.41, 5.74) is 13.9. The molecule has 0 spiro atoms. The molecule has 19 aromatic rings. The molecule has 46 nitrogen and oxygen atoms in total. The SMILES string of the molecule is CCCCNc1nc2nc[nH]c2c(=O)[nH]1.CCOCCCNc1nc(N)nc2nc[nH]c12.Cc1ccccc1C(=O)Nc1nc2nc[nH]c2c(=O)[nH]1.O=C(Cc1ccccc1)Nc1nc2nc[nH]c2c(=O)[nH]1.O=C(Nc1nc2nc[nH]c2c(=O)[nH]1)c1ccccc1.O=c1[nH]c(NCc2ccccc2)nc2nc[nH]c12.O=c1[nH]c(Nc2ccccc2)nc2nc[nH]c12. The third-order valence-electron chi connectivity index (χ3n) is 17.6. The number of nitrogen functional groups attached to an aromatic ring is 1. The second-order valence-electron chi connectivity index (χ2n) is 26.5. The lowest BCUT2D eigenvalue weighted by molar-refractivity contribution is -0.115. The van der Waals surface area contributed by atoms with Gasteiger partial charge < -0.3 is 66.6 Å². The van der Waals surface area contributed by atoms with Crippen LogP contribution in [0.4, 0.5) is 53.1 Å². The number of aromatic amines is 13. The zero-order valence-corrected chi connectivity index (χ0v) is 67.1. The van der Waals surface area contributed by atoms with E-state index in [9.17, 15) is 43.2 Å². The summed E-state index contributed by atoms with van der Waals surface area (Å²) >= 11 is 0. The summed E-state index contributed by atoms with van der Waals surface area (Å²) < 4.78 is 5.25. The van der Waals surface area contributed by atoms with Crippen molar-refractivity contribution in [2.75, 3.05) is 69.3 Å². The van der Waals surface area contributed by atoms with E-state index in [0.717, 1.165) is 73.5 Å². The Morgan fingerprint density at radius 3 is 1.21 bits per heavy atom. The molecular formula is C80H80N36O10. The molecule has 0 bridgehead atoms. The number of fused-ring (bicyclic) bond motifs is 7. The highest BCUT2D eigenvalue weighted by atomic mass is 16.5. The van der Waals surface area contributed by atoms with Crippen molar-refractivity contribution in [3.05, 3.63) is 280 Å². The van der Waals surface area contributed by atoms with Crippen LogP contribution in [0.3, 0.4) is 0 Å². The molecule has 0 saturated heterocycles. The van der Waals surface area contributed by atoms with E-state index < -0.39 is 0 Å². The number of aromatic nitrogens is 28. The van der Waals surface area contributed by atoms with E-state index in [1.807, 2.05) is 123 Å². The minimum atomic E-state index is -0.383. The van der Waals surface area contributed by atoms with Crippen molar-refractivity contribution in [2.45, 2.75) is 53.0 Å². The lowest BCUT2D eigenvalue weighted by Gasteiger charge is -2.06. The third kappa shape index (κ3) is 23.3. The predicted molar refractivity (Wildman–Crippen MR) is 472 cm³/mol. The van der Waals surface area contributed by atoms with E-state index in [0.29, 0.717) is 80.5 Å².